The van der Waals surface area contributed by atoms with Crippen molar-refractivity contribution in [3.05, 3.63) is 83.9 Å². The van der Waals surface area contributed by atoms with E-state index >= 15 is 0 Å². The third-order valence-electron chi connectivity index (χ3n) is 8.29. The largest absolute Gasteiger partial charge is 0.486 e. The number of nitrogen functional groups attached to an aromatic ring is 1. The van der Waals surface area contributed by atoms with Crippen molar-refractivity contribution in [2.24, 2.45) is 5.92 Å². The molecule has 3 aromatic carbocycles. The van der Waals surface area contributed by atoms with Crippen LogP contribution in [0.5, 0.6) is 5.75 Å². The Kier molecular flexibility index (Phi) is 12.6. The van der Waals surface area contributed by atoms with E-state index in [1.54, 1.807) is 35.2 Å². The number of hydrogen-bond acceptors (Lipinski definition) is 7. The molecule has 46 heavy (non-hydrogen) atoms. The minimum absolute atomic E-state index is 0.0522. The molecular weight excluding hydrogens is 582 g/mol. The van der Waals surface area contributed by atoms with Gasteiger partial charge in [-0.05, 0) is 56.6 Å². The zero-order chi connectivity index (χ0) is 33.1. The summed E-state index contributed by atoms with van der Waals surface area (Å²) >= 11 is 0. The third kappa shape index (κ3) is 9.55. The summed E-state index contributed by atoms with van der Waals surface area (Å²) in [6.07, 6.45) is 2.25. The first-order chi connectivity index (χ1) is 22.2. The van der Waals surface area contributed by atoms with Crippen LogP contribution in [-0.4, -0.2) is 71.5 Å². The number of likely N-dealkylation sites (N-methyl/N-ethyl adjacent to an activating group) is 1. The van der Waals surface area contributed by atoms with Gasteiger partial charge < -0.3 is 31.1 Å². The average Bonchev–Trinajstić information content (AvgIpc) is 3.04. The Bertz CT molecular complexity index is 1470. The van der Waals surface area contributed by atoms with Crippen LogP contribution in [0.3, 0.4) is 0 Å². The van der Waals surface area contributed by atoms with Gasteiger partial charge in [-0.1, -0.05) is 61.9 Å². The fraction of sp³-hybridized carbons (Fsp3) is 0.417. The standard InChI is InChI=1S/C36H47N5O5/c1-25-21-41(26(2)24-42)36(45)28-15-12-18-31(35(28)46-32(25)23-40(3)22-27-13-6-4-7-14-27)39-34(44)20-9-5-8-19-33(43)38-30-17-11-10-16-29(30)37/h4,6-7,10-18,25-26,32,42H,5,8-9,19-24,37H2,1-3H3,(H,38,43)(H,39,44)/t25-,26-,32+/m1/s1. The van der Waals surface area contributed by atoms with Crippen LogP contribution >= 0.6 is 0 Å². The van der Waals surface area contributed by atoms with Crippen molar-refractivity contribution in [3.63, 3.8) is 0 Å². The van der Waals surface area contributed by atoms with Crippen molar-refractivity contribution in [2.45, 2.75) is 64.6 Å². The van der Waals surface area contributed by atoms with E-state index in [0.29, 0.717) is 67.1 Å². The molecule has 3 aromatic rings. The van der Waals surface area contributed by atoms with Gasteiger partial charge in [0.15, 0.2) is 5.75 Å². The Morgan fingerprint density at radius 2 is 1.59 bits per heavy atom. The number of carbonyl (C=O) groups is 3. The van der Waals surface area contributed by atoms with Crippen LogP contribution in [0.25, 0.3) is 0 Å². The molecule has 0 radical (unpaired) electrons. The summed E-state index contributed by atoms with van der Waals surface area (Å²) < 4.78 is 6.63. The molecule has 3 atom stereocenters. The topological polar surface area (TPSA) is 137 Å². The number of carbonyl (C=O) groups excluding carboxylic acids is 3. The SMILES string of the molecule is C[C@@H]1CN([C@H](C)CO)C(=O)c2cccc(NC(=O)CCCCCC(=O)Nc3ccccc3N)c2O[C@H]1CN(C)Cc1ccccc1. The number of fused-ring (bicyclic) bond motifs is 1. The normalized spacial score (nSPS) is 17.0. The van der Waals surface area contributed by atoms with Gasteiger partial charge >= 0.3 is 0 Å². The predicted molar refractivity (Wildman–Crippen MR) is 182 cm³/mol. The highest BCUT2D eigenvalue weighted by molar-refractivity contribution is 6.01. The molecule has 0 saturated heterocycles. The Balaban J connectivity index is 1.41. The third-order valence-corrected chi connectivity index (χ3v) is 8.29. The maximum Gasteiger partial charge on any atom is 0.258 e. The van der Waals surface area contributed by atoms with Gasteiger partial charge in [0, 0.05) is 38.4 Å². The summed E-state index contributed by atoms with van der Waals surface area (Å²) in [7, 11) is 2.04. The lowest BCUT2D eigenvalue weighted by Gasteiger charge is -2.38. The molecule has 0 saturated carbocycles. The minimum Gasteiger partial charge on any atom is -0.486 e. The molecule has 0 spiro atoms. The minimum atomic E-state index is -0.381. The number of hydrogen-bond donors (Lipinski definition) is 4. The summed E-state index contributed by atoms with van der Waals surface area (Å²) in [6, 6.07) is 22.1. The van der Waals surface area contributed by atoms with Gasteiger partial charge in [0.2, 0.25) is 11.8 Å². The Morgan fingerprint density at radius 3 is 2.26 bits per heavy atom. The zero-order valence-corrected chi connectivity index (χ0v) is 27.1. The second-order valence-electron chi connectivity index (χ2n) is 12.2. The molecule has 1 aliphatic rings. The van der Waals surface area contributed by atoms with Crippen LogP contribution < -0.4 is 21.1 Å². The van der Waals surface area contributed by atoms with Crippen molar-refractivity contribution < 1.29 is 24.2 Å². The number of unbranched alkanes of at least 4 members (excludes halogenated alkanes) is 2. The second kappa shape index (κ2) is 16.8. The predicted octanol–water partition coefficient (Wildman–Crippen LogP) is 5.15. The molecule has 3 amide bonds. The van der Waals surface area contributed by atoms with Crippen LogP contribution in [0.15, 0.2) is 72.8 Å². The number of anilines is 3. The van der Waals surface area contributed by atoms with E-state index in [2.05, 4.69) is 27.7 Å². The van der Waals surface area contributed by atoms with E-state index in [0.717, 1.165) is 6.54 Å². The van der Waals surface area contributed by atoms with Crippen LogP contribution in [-0.2, 0) is 16.1 Å². The van der Waals surface area contributed by atoms with E-state index in [-0.39, 0.29) is 48.8 Å². The summed E-state index contributed by atoms with van der Waals surface area (Å²) in [5.41, 5.74) is 8.99. The van der Waals surface area contributed by atoms with Gasteiger partial charge in [0.05, 0.1) is 35.3 Å². The number of ether oxygens (including phenoxy) is 1. The molecule has 0 aromatic heterocycles. The molecule has 0 aliphatic carbocycles. The van der Waals surface area contributed by atoms with E-state index in [1.165, 1.54) is 5.56 Å². The van der Waals surface area contributed by atoms with E-state index < -0.39 is 0 Å². The second-order valence-corrected chi connectivity index (χ2v) is 12.2. The Hall–Kier alpha value is -4.41. The first-order valence-corrected chi connectivity index (χ1v) is 16.0. The van der Waals surface area contributed by atoms with Gasteiger partial charge in [-0.15, -0.1) is 0 Å². The number of para-hydroxylation sites is 3. The van der Waals surface area contributed by atoms with Crippen LogP contribution in [0.1, 0.15) is 61.9 Å². The highest BCUT2D eigenvalue weighted by Gasteiger charge is 2.34. The van der Waals surface area contributed by atoms with Gasteiger partial charge in [-0.3, -0.25) is 19.3 Å². The van der Waals surface area contributed by atoms with Gasteiger partial charge in [0.25, 0.3) is 5.91 Å². The smallest absolute Gasteiger partial charge is 0.258 e. The molecule has 0 fully saturated rings. The lowest BCUT2D eigenvalue weighted by Crippen LogP contribution is -2.49. The van der Waals surface area contributed by atoms with E-state index in [9.17, 15) is 19.5 Å². The number of amides is 3. The van der Waals surface area contributed by atoms with Gasteiger partial charge in [0.1, 0.15) is 6.10 Å². The lowest BCUT2D eigenvalue weighted by atomic mass is 9.98. The molecule has 0 bridgehead atoms. The number of nitrogens with two attached hydrogens (primary N) is 1. The number of benzene rings is 3. The van der Waals surface area contributed by atoms with Gasteiger partial charge in [-0.25, -0.2) is 0 Å². The maximum absolute atomic E-state index is 13.7. The Labute approximate surface area is 271 Å². The fourth-order valence-electron chi connectivity index (χ4n) is 5.61. The van der Waals surface area contributed by atoms with Gasteiger partial charge in [-0.2, -0.15) is 0 Å². The molecule has 4 rings (SSSR count). The summed E-state index contributed by atoms with van der Waals surface area (Å²) in [5, 5.41) is 15.8. The molecule has 246 valence electrons. The van der Waals surface area contributed by atoms with Crippen molar-refractivity contribution >= 4 is 34.8 Å². The van der Waals surface area contributed by atoms with Crippen molar-refractivity contribution in [1.82, 2.24) is 9.80 Å². The van der Waals surface area contributed by atoms with Crippen molar-refractivity contribution in [1.29, 1.82) is 0 Å². The van der Waals surface area contributed by atoms with Crippen LogP contribution in [0.2, 0.25) is 0 Å². The number of nitrogens with one attached hydrogen (secondary N) is 2. The quantitative estimate of drug-likeness (QED) is 0.143. The molecule has 0 unspecified atom stereocenters. The van der Waals surface area contributed by atoms with E-state index in [1.807, 2.05) is 51.2 Å². The monoisotopic (exact) mass is 629 g/mol. The first-order valence-electron chi connectivity index (χ1n) is 16.0. The summed E-state index contributed by atoms with van der Waals surface area (Å²) in [4.78, 5) is 43.0. The Morgan fingerprint density at radius 1 is 0.957 bits per heavy atom. The molecule has 1 heterocycles. The van der Waals surface area contributed by atoms with Crippen LogP contribution in [0.4, 0.5) is 17.1 Å². The number of nitrogens with zero attached hydrogens (tertiary/aromatic N) is 2. The fourth-order valence-corrected chi connectivity index (χ4v) is 5.61. The maximum atomic E-state index is 13.7. The highest BCUT2D eigenvalue weighted by Crippen LogP contribution is 2.35. The molecule has 10 nitrogen and oxygen atoms in total. The number of aliphatic hydroxyl groups excluding tert-OH is 1. The molecule has 1 aliphatic heterocycles. The van der Waals surface area contributed by atoms with Crippen LogP contribution in [0, 0.1) is 5.92 Å². The molecule has 10 heteroatoms. The average molecular weight is 630 g/mol. The van der Waals surface area contributed by atoms with Crippen molar-refractivity contribution in [2.75, 3.05) is 43.1 Å². The first kappa shape index (κ1) is 34.5. The van der Waals surface area contributed by atoms with Crippen molar-refractivity contribution in [3.8, 4) is 5.75 Å². The van der Waals surface area contributed by atoms with E-state index in [4.69, 9.17) is 10.5 Å². The number of aliphatic hydroxyl groups is 1. The highest BCUT2D eigenvalue weighted by atomic mass is 16.5. The number of rotatable bonds is 14. The molecular formula is C36H47N5O5. The molecule has 5 N–H and O–H groups in total. The lowest BCUT2D eigenvalue weighted by molar-refractivity contribution is -0.116. The zero-order valence-electron chi connectivity index (χ0n) is 27.1. The summed E-state index contributed by atoms with van der Waals surface area (Å²) in [6.45, 7) is 5.47. The summed E-state index contributed by atoms with van der Waals surface area (Å²) in [5.74, 6) is -0.263.